The van der Waals surface area contributed by atoms with E-state index in [9.17, 15) is 9.18 Å². The maximum absolute atomic E-state index is 13.2. The van der Waals surface area contributed by atoms with Crippen molar-refractivity contribution in [1.82, 2.24) is 0 Å². The summed E-state index contributed by atoms with van der Waals surface area (Å²) in [5, 5.41) is 5.76. The van der Waals surface area contributed by atoms with E-state index in [1.807, 2.05) is 66.7 Å². The van der Waals surface area contributed by atoms with Gasteiger partial charge in [-0.15, -0.1) is 0 Å². The fourth-order valence-electron chi connectivity index (χ4n) is 3.55. The summed E-state index contributed by atoms with van der Waals surface area (Å²) in [6.07, 6.45) is -0.553. The van der Waals surface area contributed by atoms with E-state index < -0.39 is 6.09 Å². The second-order valence-corrected chi connectivity index (χ2v) is 7.24. The number of hydrogen-bond acceptors (Lipinski definition) is 3. The van der Waals surface area contributed by atoms with Crippen LogP contribution < -0.4 is 5.32 Å². The van der Waals surface area contributed by atoms with Gasteiger partial charge < -0.3 is 9.15 Å². The minimum atomic E-state index is -0.553. The molecule has 0 spiro atoms. The predicted octanol–water partition coefficient (Wildman–Crippen LogP) is 7.14. The van der Waals surface area contributed by atoms with E-state index in [1.165, 1.54) is 12.1 Å². The number of nitrogens with one attached hydrogen (secondary N) is 1. The van der Waals surface area contributed by atoms with Gasteiger partial charge >= 0.3 is 6.09 Å². The van der Waals surface area contributed by atoms with E-state index in [-0.39, 0.29) is 12.4 Å². The van der Waals surface area contributed by atoms with Crippen LogP contribution in [0.1, 0.15) is 5.76 Å². The van der Waals surface area contributed by atoms with E-state index in [1.54, 1.807) is 12.1 Å². The van der Waals surface area contributed by atoms with Gasteiger partial charge in [0.05, 0.1) is 0 Å². The highest BCUT2D eigenvalue weighted by molar-refractivity contribution is 5.91. The van der Waals surface area contributed by atoms with Crippen molar-refractivity contribution in [2.24, 2.45) is 0 Å². The van der Waals surface area contributed by atoms with Gasteiger partial charge in [0.15, 0.2) is 6.61 Å². The van der Waals surface area contributed by atoms with Crippen LogP contribution in [-0.4, -0.2) is 6.09 Å². The molecule has 1 aromatic heterocycles. The van der Waals surface area contributed by atoms with E-state index in [4.69, 9.17) is 9.15 Å². The van der Waals surface area contributed by atoms with E-state index in [0.717, 1.165) is 27.3 Å². The Kier molecular flexibility index (Phi) is 4.84. The van der Waals surface area contributed by atoms with Crippen LogP contribution in [0.2, 0.25) is 0 Å². The molecule has 1 amide bonds. The summed E-state index contributed by atoms with van der Waals surface area (Å²) in [6.45, 7) is 0.0139. The topological polar surface area (TPSA) is 51.5 Å². The number of furan rings is 1. The Balaban J connectivity index is 1.26. The number of ether oxygens (including phenoxy) is 1. The second kappa shape index (κ2) is 7.95. The van der Waals surface area contributed by atoms with Crippen LogP contribution in [-0.2, 0) is 11.3 Å². The summed E-state index contributed by atoms with van der Waals surface area (Å²) < 4.78 is 24.2. The number of fused-ring (bicyclic) bond motifs is 2. The van der Waals surface area contributed by atoms with E-state index >= 15 is 0 Å². The summed E-state index contributed by atoms with van der Waals surface area (Å²) in [6, 6.07) is 27.5. The Morgan fingerprint density at radius 3 is 2.42 bits per heavy atom. The molecule has 4 aromatic carbocycles. The molecule has 0 saturated carbocycles. The van der Waals surface area contributed by atoms with Crippen LogP contribution in [0.25, 0.3) is 32.9 Å². The molecule has 5 aromatic rings. The fraction of sp³-hybridized carbons (Fsp3) is 0.0385. The number of amides is 1. The maximum atomic E-state index is 13.2. The average molecular weight is 411 g/mol. The number of halogens is 1. The lowest BCUT2D eigenvalue weighted by Gasteiger charge is -2.07. The molecule has 0 aliphatic carbocycles. The predicted molar refractivity (Wildman–Crippen MR) is 119 cm³/mol. The Labute approximate surface area is 177 Å². The maximum Gasteiger partial charge on any atom is 0.412 e. The van der Waals surface area contributed by atoms with Crippen molar-refractivity contribution in [2.45, 2.75) is 6.61 Å². The summed E-state index contributed by atoms with van der Waals surface area (Å²) >= 11 is 0. The normalized spacial score (nSPS) is 11.0. The quantitative estimate of drug-likeness (QED) is 0.342. The second-order valence-electron chi connectivity index (χ2n) is 7.24. The van der Waals surface area contributed by atoms with Crippen molar-refractivity contribution < 1.29 is 18.3 Å². The van der Waals surface area contributed by atoms with Gasteiger partial charge in [-0.2, -0.15) is 0 Å². The van der Waals surface area contributed by atoms with Gasteiger partial charge in [0, 0.05) is 11.1 Å². The van der Waals surface area contributed by atoms with Crippen LogP contribution in [0.15, 0.2) is 95.4 Å². The Hall–Kier alpha value is -4.12. The Morgan fingerprint density at radius 1 is 0.806 bits per heavy atom. The molecule has 0 saturated heterocycles. The Morgan fingerprint density at radius 2 is 1.58 bits per heavy atom. The van der Waals surface area contributed by atoms with Gasteiger partial charge in [-0.3, -0.25) is 5.32 Å². The summed E-state index contributed by atoms with van der Waals surface area (Å²) in [7, 11) is 0. The number of benzene rings is 4. The van der Waals surface area contributed by atoms with Crippen LogP contribution in [0.4, 0.5) is 14.9 Å². The van der Waals surface area contributed by atoms with Crippen molar-refractivity contribution in [3.05, 3.63) is 103 Å². The zero-order chi connectivity index (χ0) is 21.2. The van der Waals surface area contributed by atoms with Crippen LogP contribution in [0.3, 0.4) is 0 Å². The lowest BCUT2D eigenvalue weighted by molar-refractivity contribution is 0.147. The fourth-order valence-corrected chi connectivity index (χ4v) is 3.55. The lowest BCUT2D eigenvalue weighted by Crippen LogP contribution is -2.13. The van der Waals surface area contributed by atoms with Gasteiger partial charge in [0.1, 0.15) is 17.2 Å². The number of carbonyl (C=O) groups is 1. The van der Waals surface area contributed by atoms with Crippen molar-refractivity contribution in [3.63, 3.8) is 0 Å². The lowest BCUT2D eigenvalue weighted by atomic mass is 10.0. The zero-order valence-electron chi connectivity index (χ0n) is 16.5. The first-order valence-corrected chi connectivity index (χ1v) is 9.85. The number of anilines is 1. The van der Waals surface area contributed by atoms with Crippen molar-refractivity contribution in [2.75, 3.05) is 5.32 Å². The molecule has 0 unspecified atom stereocenters. The molecule has 1 N–H and O–H groups in total. The molecule has 1 heterocycles. The molecule has 0 radical (unpaired) electrons. The molecule has 0 atom stereocenters. The van der Waals surface area contributed by atoms with E-state index in [2.05, 4.69) is 5.32 Å². The van der Waals surface area contributed by atoms with E-state index in [0.29, 0.717) is 17.0 Å². The van der Waals surface area contributed by atoms with Gasteiger partial charge in [0.25, 0.3) is 0 Å². The standard InChI is InChI=1S/C26H18FNO3/c27-22-9-5-18(6-10-22)20-8-12-25-21(13-20)15-24(31-25)16-30-26(29)28-23-11-7-17-3-1-2-4-19(17)14-23/h1-15H,16H2,(H,28,29). The van der Waals surface area contributed by atoms with Gasteiger partial charge in [-0.05, 0) is 64.4 Å². The zero-order valence-corrected chi connectivity index (χ0v) is 16.5. The minimum absolute atomic E-state index is 0.0139. The molecular formula is C26H18FNO3. The number of hydrogen-bond donors (Lipinski definition) is 1. The third-order valence-corrected chi connectivity index (χ3v) is 5.09. The molecule has 31 heavy (non-hydrogen) atoms. The minimum Gasteiger partial charge on any atom is -0.457 e. The molecule has 0 aliphatic rings. The van der Waals surface area contributed by atoms with Crippen LogP contribution >= 0.6 is 0 Å². The Bertz CT molecular complexity index is 1390. The van der Waals surface area contributed by atoms with Gasteiger partial charge in [0.2, 0.25) is 0 Å². The third-order valence-electron chi connectivity index (χ3n) is 5.09. The first kappa shape index (κ1) is 18.9. The summed E-state index contributed by atoms with van der Waals surface area (Å²) in [4.78, 5) is 12.2. The molecule has 5 heteroatoms. The van der Waals surface area contributed by atoms with Crippen molar-refractivity contribution in [3.8, 4) is 11.1 Å². The summed E-state index contributed by atoms with van der Waals surface area (Å²) in [5.74, 6) is 0.273. The molecule has 0 fully saturated rings. The smallest absolute Gasteiger partial charge is 0.412 e. The molecule has 0 aliphatic heterocycles. The average Bonchev–Trinajstić information content (AvgIpc) is 3.20. The first-order valence-electron chi connectivity index (χ1n) is 9.85. The molecule has 152 valence electrons. The highest BCUT2D eigenvalue weighted by atomic mass is 19.1. The van der Waals surface area contributed by atoms with Gasteiger partial charge in [-0.25, -0.2) is 9.18 Å². The molecule has 4 nitrogen and oxygen atoms in total. The van der Waals surface area contributed by atoms with Crippen LogP contribution in [0.5, 0.6) is 0 Å². The third kappa shape index (κ3) is 4.12. The molecule has 0 bridgehead atoms. The van der Waals surface area contributed by atoms with Crippen molar-refractivity contribution >= 4 is 33.5 Å². The largest absolute Gasteiger partial charge is 0.457 e. The SMILES string of the molecule is O=C(Nc1ccc2ccccc2c1)OCc1cc2cc(-c3ccc(F)cc3)ccc2o1. The first-order chi connectivity index (χ1) is 15.1. The highest BCUT2D eigenvalue weighted by Gasteiger charge is 2.10. The summed E-state index contributed by atoms with van der Waals surface area (Å²) in [5.41, 5.74) is 3.23. The van der Waals surface area contributed by atoms with Crippen LogP contribution in [0, 0.1) is 5.82 Å². The van der Waals surface area contributed by atoms with Gasteiger partial charge in [-0.1, -0.05) is 48.5 Å². The number of carbonyl (C=O) groups excluding carboxylic acids is 1. The molecule has 5 rings (SSSR count). The monoisotopic (exact) mass is 411 g/mol. The number of rotatable bonds is 4. The van der Waals surface area contributed by atoms with Crippen molar-refractivity contribution in [1.29, 1.82) is 0 Å². The highest BCUT2D eigenvalue weighted by Crippen LogP contribution is 2.27. The molecular weight excluding hydrogens is 393 g/mol.